The van der Waals surface area contributed by atoms with E-state index < -0.39 is 17.9 Å². The maximum atomic E-state index is 13.1. The molecule has 2 aliphatic heterocycles. The highest BCUT2D eigenvalue weighted by Gasteiger charge is 2.53. The summed E-state index contributed by atoms with van der Waals surface area (Å²) in [6.07, 6.45) is 0. The number of carbonyl (C=O) groups is 2. The van der Waals surface area contributed by atoms with Gasteiger partial charge >= 0.3 is 5.97 Å². The van der Waals surface area contributed by atoms with Gasteiger partial charge in [0.1, 0.15) is 0 Å². The quantitative estimate of drug-likeness (QED) is 0.505. The number of fused-ring (bicyclic) bond motifs is 3. The molecule has 1 fully saturated rings. The van der Waals surface area contributed by atoms with E-state index in [1.54, 1.807) is 12.1 Å². The summed E-state index contributed by atoms with van der Waals surface area (Å²) in [5, 5.41) is 16.6. The highest BCUT2D eigenvalue weighted by molar-refractivity contribution is 5.81. The topological polar surface area (TPSA) is 125 Å². The molecule has 0 radical (unpaired) electrons. The molecule has 2 heterocycles. The number of phenolic OH excluding ortho intramolecular Hbond substituents is 1. The van der Waals surface area contributed by atoms with Gasteiger partial charge < -0.3 is 39.4 Å². The lowest BCUT2D eigenvalue weighted by Gasteiger charge is -2.39. The van der Waals surface area contributed by atoms with Crippen LogP contribution in [0.2, 0.25) is 0 Å². The van der Waals surface area contributed by atoms with Crippen molar-refractivity contribution in [1.29, 1.82) is 0 Å². The van der Waals surface area contributed by atoms with Crippen LogP contribution in [-0.2, 0) is 14.3 Å². The summed E-state index contributed by atoms with van der Waals surface area (Å²) in [7, 11) is 2.90. The second-order valence-electron chi connectivity index (χ2n) is 8.73. The van der Waals surface area contributed by atoms with Gasteiger partial charge in [0.15, 0.2) is 23.0 Å². The molecule has 4 atom stereocenters. The van der Waals surface area contributed by atoms with E-state index in [-0.39, 0.29) is 55.0 Å². The van der Waals surface area contributed by atoms with Crippen molar-refractivity contribution in [3.63, 3.8) is 0 Å². The summed E-state index contributed by atoms with van der Waals surface area (Å²) in [6, 6.07) is 6.67. The van der Waals surface area contributed by atoms with Gasteiger partial charge in [0.25, 0.3) is 0 Å². The number of methoxy groups -OCH3 is 2. The first-order valence-corrected chi connectivity index (χ1v) is 11.5. The Labute approximate surface area is 202 Å². The first-order valence-electron chi connectivity index (χ1n) is 11.5. The summed E-state index contributed by atoms with van der Waals surface area (Å²) < 4.78 is 27.6. The molecule has 0 bridgehead atoms. The number of esters is 1. The van der Waals surface area contributed by atoms with Crippen LogP contribution in [0.4, 0.5) is 0 Å². The minimum atomic E-state index is -0.578. The van der Waals surface area contributed by atoms with E-state index in [1.165, 1.54) is 14.2 Å². The smallest absolute Gasteiger partial charge is 0.310 e. The Balaban J connectivity index is 1.68. The van der Waals surface area contributed by atoms with Gasteiger partial charge in [-0.05, 0) is 47.5 Å². The fourth-order valence-corrected chi connectivity index (χ4v) is 5.30. The Bertz CT molecular complexity index is 1140. The second-order valence-corrected chi connectivity index (χ2v) is 8.73. The van der Waals surface area contributed by atoms with Crippen LogP contribution in [-0.4, -0.2) is 57.7 Å². The Kier molecular flexibility index (Phi) is 6.06. The van der Waals surface area contributed by atoms with Gasteiger partial charge in [0.05, 0.1) is 39.3 Å². The maximum absolute atomic E-state index is 13.1. The molecule has 0 aromatic heterocycles. The monoisotopic (exact) mass is 484 g/mol. The van der Waals surface area contributed by atoms with Crippen LogP contribution in [0.15, 0.2) is 24.3 Å². The largest absolute Gasteiger partial charge is 0.502 e. The number of hydrogen-bond donors (Lipinski definition) is 3. The molecule has 3 aliphatic rings. The number of hydrogen-bond acceptors (Lipinski definition) is 9. The summed E-state index contributed by atoms with van der Waals surface area (Å²) >= 11 is 0. The molecule has 35 heavy (non-hydrogen) atoms. The van der Waals surface area contributed by atoms with Crippen molar-refractivity contribution in [3.05, 3.63) is 41.0 Å². The van der Waals surface area contributed by atoms with Gasteiger partial charge in [-0.2, -0.15) is 0 Å². The Morgan fingerprint density at radius 1 is 1.06 bits per heavy atom. The average Bonchev–Trinajstić information content (AvgIpc) is 3.48. The lowest BCUT2D eigenvalue weighted by Crippen LogP contribution is -2.45. The molecular formula is C25H28N2O8. The Morgan fingerprint density at radius 3 is 2.34 bits per heavy atom. The minimum Gasteiger partial charge on any atom is -0.502 e. The van der Waals surface area contributed by atoms with Gasteiger partial charge in [-0.3, -0.25) is 9.59 Å². The van der Waals surface area contributed by atoms with Crippen molar-refractivity contribution in [1.82, 2.24) is 10.6 Å². The first kappa shape index (κ1) is 23.1. The predicted molar refractivity (Wildman–Crippen MR) is 123 cm³/mol. The molecule has 2 aromatic rings. The number of aromatic hydroxyl groups is 1. The van der Waals surface area contributed by atoms with Crippen molar-refractivity contribution in [2.75, 3.05) is 40.7 Å². The molecule has 10 nitrogen and oxygen atoms in total. The molecule has 2 aromatic carbocycles. The highest BCUT2D eigenvalue weighted by Crippen LogP contribution is 2.55. The number of likely N-dealkylation sites (N-methyl/N-ethyl adjacent to an activating group) is 1. The van der Waals surface area contributed by atoms with Crippen LogP contribution in [0.1, 0.15) is 35.6 Å². The highest BCUT2D eigenvalue weighted by atomic mass is 16.7. The molecular weight excluding hydrogens is 456 g/mol. The maximum Gasteiger partial charge on any atom is 0.310 e. The van der Waals surface area contributed by atoms with Crippen molar-refractivity contribution >= 4 is 11.9 Å². The van der Waals surface area contributed by atoms with Crippen LogP contribution < -0.4 is 29.6 Å². The van der Waals surface area contributed by atoms with Crippen molar-refractivity contribution in [2.45, 2.75) is 18.9 Å². The molecule has 5 rings (SSSR count). The SMILES string of the molecule is CCNCC(=O)NC1c2cc3c(cc2C(c2cc(OC)c(O)c(OC)c2)C2C(=O)OCC12)OCO3. The lowest BCUT2D eigenvalue weighted by atomic mass is 9.65. The predicted octanol–water partition coefficient (Wildman–Crippen LogP) is 1.84. The number of nitrogens with one attached hydrogen (secondary N) is 2. The molecule has 1 amide bonds. The molecule has 4 unspecified atom stereocenters. The third-order valence-corrected chi connectivity index (χ3v) is 6.90. The molecule has 10 heteroatoms. The van der Waals surface area contributed by atoms with E-state index in [0.717, 1.165) is 11.1 Å². The van der Waals surface area contributed by atoms with Gasteiger partial charge in [-0.15, -0.1) is 0 Å². The van der Waals surface area contributed by atoms with Crippen molar-refractivity contribution in [2.24, 2.45) is 11.8 Å². The molecule has 3 N–H and O–H groups in total. The fraction of sp³-hybridized carbons (Fsp3) is 0.440. The van der Waals surface area contributed by atoms with E-state index >= 15 is 0 Å². The third kappa shape index (κ3) is 3.87. The van der Waals surface area contributed by atoms with Crippen molar-refractivity contribution in [3.8, 4) is 28.7 Å². The van der Waals surface area contributed by atoms with Gasteiger partial charge in [0, 0.05) is 11.8 Å². The average molecular weight is 485 g/mol. The molecule has 0 spiro atoms. The second kappa shape index (κ2) is 9.18. The molecule has 1 saturated heterocycles. The zero-order valence-electron chi connectivity index (χ0n) is 19.8. The lowest BCUT2D eigenvalue weighted by molar-refractivity contribution is -0.141. The Morgan fingerprint density at radius 2 is 1.71 bits per heavy atom. The van der Waals surface area contributed by atoms with Crippen LogP contribution in [0.3, 0.4) is 0 Å². The summed E-state index contributed by atoms with van der Waals surface area (Å²) in [4.78, 5) is 25.8. The van der Waals surface area contributed by atoms with E-state index in [0.29, 0.717) is 23.6 Å². The normalized spacial score (nSPS) is 23.8. The molecule has 1 aliphatic carbocycles. The number of carbonyl (C=O) groups excluding carboxylic acids is 2. The van der Waals surface area contributed by atoms with Crippen molar-refractivity contribution < 1.29 is 38.4 Å². The number of phenols is 1. The van der Waals surface area contributed by atoms with Gasteiger partial charge in [-0.25, -0.2) is 0 Å². The standard InChI is InChI=1S/C25H28N2O8/c1-4-26-9-20(28)27-23-14-8-17-16(34-11-35-17)7-13(14)21(22-15(23)10-33-25(22)30)12-5-18(31-2)24(29)19(6-12)32-3/h5-8,15,21-23,26,29H,4,9-11H2,1-3H3,(H,27,28). The van der Waals surface area contributed by atoms with E-state index in [9.17, 15) is 14.7 Å². The van der Waals surface area contributed by atoms with E-state index in [2.05, 4.69) is 10.6 Å². The van der Waals surface area contributed by atoms with Gasteiger partial charge in [0.2, 0.25) is 18.4 Å². The van der Waals surface area contributed by atoms with Crippen LogP contribution in [0.25, 0.3) is 0 Å². The zero-order chi connectivity index (χ0) is 24.7. The first-order chi connectivity index (χ1) is 17.0. The molecule has 0 saturated carbocycles. The van der Waals surface area contributed by atoms with Gasteiger partial charge in [-0.1, -0.05) is 6.92 Å². The summed E-state index contributed by atoms with van der Waals surface area (Å²) in [5.41, 5.74) is 2.34. The summed E-state index contributed by atoms with van der Waals surface area (Å²) in [6.45, 7) is 3.01. The number of cyclic esters (lactones) is 1. The number of rotatable bonds is 7. The number of benzene rings is 2. The van der Waals surface area contributed by atoms with Crippen LogP contribution >= 0.6 is 0 Å². The zero-order valence-corrected chi connectivity index (χ0v) is 19.8. The van der Waals surface area contributed by atoms with Crippen LogP contribution in [0.5, 0.6) is 28.7 Å². The fourth-order valence-electron chi connectivity index (χ4n) is 5.30. The summed E-state index contributed by atoms with van der Waals surface area (Å²) in [5.74, 6) is -0.388. The number of amides is 1. The van der Waals surface area contributed by atoms with Crippen LogP contribution in [0, 0.1) is 11.8 Å². The Hall–Kier alpha value is -3.66. The van der Waals surface area contributed by atoms with E-state index in [1.807, 2.05) is 19.1 Å². The van der Waals surface area contributed by atoms with E-state index in [4.69, 9.17) is 23.7 Å². The molecule has 186 valence electrons. The third-order valence-electron chi connectivity index (χ3n) is 6.90. The minimum absolute atomic E-state index is 0.0933. The number of ether oxygens (including phenoxy) is 5.